The zero-order valence-corrected chi connectivity index (χ0v) is 6.25. The van der Waals surface area contributed by atoms with Gasteiger partial charge in [-0.25, -0.2) is 4.79 Å². The third-order valence-corrected chi connectivity index (χ3v) is 2.39. The molecule has 0 aromatic rings. The average molecular weight is 156 g/mol. The van der Waals surface area contributed by atoms with Crippen molar-refractivity contribution in [3.05, 3.63) is 0 Å². The molecule has 11 heavy (non-hydrogen) atoms. The molecule has 1 saturated carbocycles. The molecule has 1 saturated heterocycles. The highest BCUT2D eigenvalue weighted by molar-refractivity contribution is 5.70. The number of nitrogens with one attached hydrogen (secondary N) is 1. The van der Waals surface area contributed by atoms with E-state index >= 15 is 0 Å². The van der Waals surface area contributed by atoms with Gasteiger partial charge in [-0.2, -0.15) is 0 Å². The first-order valence-corrected chi connectivity index (χ1v) is 3.98. The predicted octanol–water partition coefficient (Wildman–Crippen LogP) is -0.0254. The first-order chi connectivity index (χ1) is 5.25. The number of hydrogen-bond donors (Lipinski definition) is 2. The van der Waals surface area contributed by atoms with E-state index in [1.54, 1.807) is 0 Å². The van der Waals surface area contributed by atoms with Gasteiger partial charge < -0.3 is 15.8 Å². The van der Waals surface area contributed by atoms with Crippen molar-refractivity contribution in [2.45, 2.75) is 37.5 Å². The van der Waals surface area contributed by atoms with Crippen LogP contribution in [0.5, 0.6) is 0 Å². The fourth-order valence-electron chi connectivity index (χ4n) is 1.79. The Kier molecular flexibility index (Phi) is 1.49. The van der Waals surface area contributed by atoms with Gasteiger partial charge in [-0.3, -0.25) is 0 Å². The number of alkyl carbamates (subject to hydrolysis) is 1. The quantitative estimate of drug-likeness (QED) is 0.518. The number of hydrogen-bond acceptors (Lipinski definition) is 3. The summed E-state index contributed by atoms with van der Waals surface area (Å²) in [5.41, 5.74) is 5.73. The van der Waals surface area contributed by atoms with Crippen LogP contribution in [0, 0.1) is 0 Å². The van der Waals surface area contributed by atoms with Gasteiger partial charge in [-0.1, -0.05) is 0 Å². The second kappa shape index (κ2) is 2.37. The molecule has 0 spiro atoms. The van der Waals surface area contributed by atoms with E-state index in [9.17, 15) is 4.79 Å². The molecule has 2 fully saturated rings. The highest BCUT2D eigenvalue weighted by Gasteiger charge is 2.37. The topological polar surface area (TPSA) is 64.3 Å². The average Bonchev–Trinajstić information content (AvgIpc) is 2.27. The van der Waals surface area contributed by atoms with E-state index in [2.05, 4.69) is 5.32 Å². The van der Waals surface area contributed by atoms with Crippen LogP contribution in [-0.4, -0.2) is 24.3 Å². The largest absolute Gasteiger partial charge is 0.444 e. The van der Waals surface area contributed by atoms with E-state index in [4.69, 9.17) is 10.5 Å². The number of amides is 1. The van der Waals surface area contributed by atoms with Crippen LogP contribution in [0.2, 0.25) is 0 Å². The fourth-order valence-corrected chi connectivity index (χ4v) is 1.79. The van der Waals surface area contributed by atoms with Crippen LogP contribution in [-0.2, 0) is 4.74 Å². The smallest absolute Gasteiger partial charge is 0.407 e. The van der Waals surface area contributed by atoms with E-state index < -0.39 is 0 Å². The van der Waals surface area contributed by atoms with Crippen molar-refractivity contribution in [1.82, 2.24) is 5.32 Å². The molecule has 3 N–H and O–H groups in total. The van der Waals surface area contributed by atoms with Crippen LogP contribution in [0.25, 0.3) is 0 Å². The van der Waals surface area contributed by atoms with Gasteiger partial charge in [-0.05, 0) is 19.3 Å². The summed E-state index contributed by atoms with van der Waals surface area (Å²) in [6, 6.07) is 0.407. The molecular formula is C7H12N2O2. The van der Waals surface area contributed by atoms with Gasteiger partial charge in [0.05, 0.1) is 6.04 Å². The lowest BCUT2D eigenvalue weighted by molar-refractivity contribution is 0.109. The first-order valence-electron chi connectivity index (χ1n) is 3.98. The minimum Gasteiger partial charge on any atom is -0.444 e. The number of rotatable bonds is 0. The van der Waals surface area contributed by atoms with E-state index in [1.165, 1.54) is 0 Å². The molecule has 1 aliphatic heterocycles. The number of nitrogens with two attached hydrogens (primary N) is 1. The van der Waals surface area contributed by atoms with Crippen LogP contribution >= 0.6 is 0 Å². The van der Waals surface area contributed by atoms with Crippen LogP contribution in [0.15, 0.2) is 0 Å². The third kappa shape index (κ3) is 1.18. The summed E-state index contributed by atoms with van der Waals surface area (Å²) in [7, 11) is 0. The Bertz CT molecular complexity index is 183. The van der Waals surface area contributed by atoms with E-state index in [0.717, 1.165) is 19.3 Å². The molecule has 1 heterocycles. The van der Waals surface area contributed by atoms with Gasteiger partial charge in [0.2, 0.25) is 0 Å². The maximum atomic E-state index is 10.7. The SMILES string of the molecule is NC1CCC2OC(=O)NC2C1. The lowest BCUT2D eigenvalue weighted by Gasteiger charge is -2.26. The molecule has 2 rings (SSSR count). The molecule has 2 aliphatic rings. The summed E-state index contributed by atoms with van der Waals surface area (Å²) >= 11 is 0. The van der Waals surface area contributed by atoms with Gasteiger partial charge in [-0.15, -0.1) is 0 Å². The summed E-state index contributed by atoms with van der Waals surface area (Å²) in [5, 5.41) is 2.75. The second-order valence-corrected chi connectivity index (χ2v) is 3.27. The van der Waals surface area contributed by atoms with Crippen molar-refractivity contribution in [2.24, 2.45) is 5.73 Å². The van der Waals surface area contributed by atoms with Crippen LogP contribution in [0.4, 0.5) is 4.79 Å². The van der Waals surface area contributed by atoms with Crippen molar-refractivity contribution < 1.29 is 9.53 Å². The Hall–Kier alpha value is -0.770. The monoisotopic (exact) mass is 156 g/mol. The summed E-state index contributed by atoms with van der Waals surface area (Å²) in [4.78, 5) is 10.7. The molecule has 1 amide bonds. The Morgan fingerprint density at radius 1 is 1.55 bits per heavy atom. The summed E-state index contributed by atoms with van der Waals surface area (Å²) < 4.78 is 5.01. The summed E-state index contributed by atoms with van der Waals surface area (Å²) in [6.07, 6.45) is 2.54. The minimum atomic E-state index is -0.283. The zero-order valence-electron chi connectivity index (χ0n) is 6.25. The van der Waals surface area contributed by atoms with Gasteiger partial charge in [0.15, 0.2) is 0 Å². The lowest BCUT2D eigenvalue weighted by Crippen LogP contribution is -2.42. The van der Waals surface area contributed by atoms with Crippen LogP contribution in [0.1, 0.15) is 19.3 Å². The molecule has 62 valence electrons. The molecule has 0 bridgehead atoms. The number of carbonyl (C=O) groups excluding carboxylic acids is 1. The summed E-state index contributed by atoms with van der Waals surface area (Å²) in [5.74, 6) is 0. The van der Waals surface area contributed by atoms with E-state index in [-0.39, 0.29) is 24.3 Å². The molecule has 3 atom stereocenters. The molecule has 4 heteroatoms. The molecule has 1 aliphatic carbocycles. The van der Waals surface area contributed by atoms with Crippen molar-refractivity contribution in [1.29, 1.82) is 0 Å². The van der Waals surface area contributed by atoms with Gasteiger partial charge in [0, 0.05) is 6.04 Å². The van der Waals surface area contributed by atoms with Crippen LogP contribution in [0.3, 0.4) is 0 Å². The highest BCUT2D eigenvalue weighted by atomic mass is 16.6. The second-order valence-electron chi connectivity index (χ2n) is 3.27. The molecule has 0 radical (unpaired) electrons. The molecule has 0 aromatic carbocycles. The Labute approximate surface area is 65.1 Å². The minimum absolute atomic E-state index is 0.0855. The fraction of sp³-hybridized carbons (Fsp3) is 0.857. The van der Waals surface area contributed by atoms with Crippen molar-refractivity contribution in [3.8, 4) is 0 Å². The standard InChI is InChI=1S/C7H12N2O2/c8-4-1-2-6-5(3-4)9-7(10)11-6/h4-6H,1-3,8H2,(H,9,10). The highest BCUT2D eigenvalue weighted by Crippen LogP contribution is 2.24. The Balaban J connectivity index is 2.02. The van der Waals surface area contributed by atoms with Gasteiger partial charge in [0.1, 0.15) is 6.10 Å². The first kappa shape index (κ1) is 6.91. The third-order valence-electron chi connectivity index (χ3n) is 2.39. The van der Waals surface area contributed by atoms with E-state index in [0.29, 0.717) is 0 Å². The Morgan fingerprint density at radius 3 is 3.18 bits per heavy atom. The number of carbonyl (C=O) groups is 1. The Morgan fingerprint density at radius 2 is 2.36 bits per heavy atom. The lowest BCUT2D eigenvalue weighted by atomic mass is 9.90. The van der Waals surface area contributed by atoms with Crippen molar-refractivity contribution in [3.63, 3.8) is 0 Å². The van der Waals surface area contributed by atoms with Gasteiger partial charge in [0.25, 0.3) is 0 Å². The number of ether oxygens (including phenoxy) is 1. The predicted molar refractivity (Wildman–Crippen MR) is 39.0 cm³/mol. The van der Waals surface area contributed by atoms with Gasteiger partial charge >= 0.3 is 6.09 Å². The maximum Gasteiger partial charge on any atom is 0.407 e. The van der Waals surface area contributed by atoms with Crippen molar-refractivity contribution >= 4 is 6.09 Å². The molecule has 3 unspecified atom stereocenters. The number of fused-ring (bicyclic) bond motifs is 1. The maximum absolute atomic E-state index is 10.7. The molecular weight excluding hydrogens is 144 g/mol. The molecule has 0 aromatic heterocycles. The van der Waals surface area contributed by atoms with Crippen LogP contribution < -0.4 is 11.1 Å². The molecule has 4 nitrogen and oxygen atoms in total. The normalized spacial score (nSPS) is 42.6. The zero-order chi connectivity index (χ0) is 7.84. The van der Waals surface area contributed by atoms with E-state index in [1.807, 2.05) is 0 Å². The summed E-state index contributed by atoms with van der Waals surface area (Å²) in [6.45, 7) is 0. The van der Waals surface area contributed by atoms with Crippen molar-refractivity contribution in [2.75, 3.05) is 0 Å².